The third-order valence-corrected chi connectivity index (χ3v) is 5.86. The quantitative estimate of drug-likeness (QED) is 0.502. The summed E-state index contributed by atoms with van der Waals surface area (Å²) < 4.78 is 39.4. The van der Waals surface area contributed by atoms with Crippen LogP contribution in [0.1, 0.15) is 15.9 Å². The largest absolute Gasteiger partial charge is 0.430 e. The number of aliphatic imine (C=N–C) groups is 1. The zero-order chi connectivity index (χ0) is 25.7. The molecule has 4 rings (SSSR count). The van der Waals surface area contributed by atoms with Crippen molar-refractivity contribution in [2.24, 2.45) is 10.7 Å². The second kappa shape index (κ2) is 10.8. The lowest BCUT2D eigenvalue weighted by atomic mass is 10.0. The van der Waals surface area contributed by atoms with Crippen LogP contribution < -0.4 is 10.6 Å². The van der Waals surface area contributed by atoms with E-state index < -0.39 is 11.9 Å². The summed E-state index contributed by atoms with van der Waals surface area (Å²) in [6.07, 6.45) is -0.625. The van der Waals surface area contributed by atoms with Crippen LogP contribution in [0.5, 0.6) is 0 Å². The van der Waals surface area contributed by atoms with Gasteiger partial charge in [-0.3, -0.25) is 4.79 Å². The predicted octanol–water partition coefficient (Wildman–Crippen LogP) is 4.62. The summed E-state index contributed by atoms with van der Waals surface area (Å²) in [6.45, 7) is 2.15. The van der Waals surface area contributed by atoms with Crippen LogP contribution >= 0.6 is 11.6 Å². The van der Waals surface area contributed by atoms with E-state index in [1.165, 1.54) is 12.1 Å². The smallest absolute Gasteiger partial charge is 0.395 e. The number of amides is 1. The number of carbonyl (C=O) groups excluding carboxylic acids is 1. The number of hydrogen-bond donors (Lipinski definition) is 1. The first-order chi connectivity index (χ1) is 17.2. The van der Waals surface area contributed by atoms with Crippen molar-refractivity contribution < 1.29 is 18.0 Å². The molecule has 1 saturated heterocycles. The first-order valence-electron chi connectivity index (χ1n) is 11.0. The fraction of sp³-hybridized carbons (Fsp3) is 0.200. The maximum atomic E-state index is 13.1. The van der Waals surface area contributed by atoms with Crippen LogP contribution in [0.2, 0.25) is 5.02 Å². The van der Waals surface area contributed by atoms with Crippen LogP contribution in [-0.2, 0) is 0 Å². The molecule has 2 aromatic carbocycles. The van der Waals surface area contributed by atoms with Crippen LogP contribution in [0.3, 0.4) is 0 Å². The van der Waals surface area contributed by atoms with E-state index in [0.717, 1.165) is 6.08 Å². The standard InChI is InChI=1S/C25H22ClF3N6O/c26-19-4-1-2-5-20(19)33-21(16-22(30)25(27,28)29)17-6-8-18(9-7-17)23(36)34-12-14-35(15-13-34)24-31-10-3-11-32-24/h1-11,16H,12-15,30H2. The van der Waals surface area contributed by atoms with E-state index in [0.29, 0.717) is 48.9 Å². The number of alkyl halides is 3. The Hall–Kier alpha value is -3.92. The van der Waals surface area contributed by atoms with Crippen LogP contribution in [0, 0.1) is 0 Å². The molecule has 11 heteroatoms. The van der Waals surface area contributed by atoms with E-state index in [1.807, 2.05) is 4.90 Å². The minimum atomic E-state index is -4.72. The average Bonchev–Trinajstić information content (AvgIpc) is 2.89. The third-order valence-electron chi connectivity index (χ3n) is 5.54. The monoisotopic (exact) mass is 514 g/mol. The van der Waals surface area contributed by atoms with Crippen molar-refractivity contribution in [2.75, 3.05) is 31.1 Å². The zero-order valence-corrected chi connectivity index (χ0v) is 19.7. The molecule has 2 N–H and O–H groups in total. The normalized spacial score (nSPS) is 15.2. The van der Waals surface area contributed by atoms with Gasteiger partial charge in [0.25, 0.3) is 5.91 Å². The van der Waals surface area contributed by atoms with Gasteiger partial charge in [-0.1, -0.05) is 35.9 Å². The number of aromatic nitrogens is 2. The van der Waals surface area contributed by atoms with Gasteiger partial charge in [0, 0.05) is 49.7 Å². The van der Waals surface area contributed by atoms with Crippen LogP contribution in [0.4, 0.5) is 24.8 Å². The fourth-order valence-electron chi connectivity index (χ4n) is 3.61. The Labute approximate surface area is 210 Å². The maximum Gasteiger partial charge on any atom is 0.430 e. The number of hydrogen-bond acceptors (Lipinski definition) is 6. The number of rotatable bonds is 5. The summed E-state index contributed by atoms with van der Waals surface area (Å²) in [7, 11) is 0. The SMILES string of the molecule is NC(=CC(=Nc1ccccc1Cl)c1ccc(C(=O)N2CCN(c3ncccn3)CC2)cc1)C(F)(F)F. The molecule has 0 radical (unpaired) electrons. The average molecular weight is 515 g/mol. The molecular formula is C25H22ClF3N6O. The Morgan fingerprint density at radius 3 is 2.17 bits per heavy atom. The van der Waals surface area contributed by atoms with Gasteiger partial charge in [0.15, 0.2) is 0 Å². The van der Waals surface area contributed by atoms with Crippen LogP contribution in [0.25, 0.3) is 0 Å². The number of anilines is 1. The summed E-state index contributed by atoms with van der Waals surface area (Å²) in [5.41, 5.74) is 4.98. The summed E-state index contributed by atoms with van der Waals surface area (Å²) in [5, 5.41) is 0.279. The molecule has 1 aromatic heterocycles. The summed E-state index contributed by atoms with van der Waals surface area (Å²) in [6, 6.07) is 14.5. The Morgan fingerprint density at radius 2 is 1.56 bits per heavy atom. The molecule has 0 unspecified atom stereocenters. The molecule has 186 valence electrons. The number of halogens is 4. The van der Waals surface area contributed by atoms with Gasteiger partial charge in [-0.05, 0) is 36.4 Å². The molecule has 0 atom stereocenters. The lowest BCUT2D eigenvalue weighted by molar-refractivity contribution is -0.0925. The third kappa shape index (κ3) is 6.01. The Bertz CT molecular complexity index is 1270. The van der Waals surface area contributed by atoms with Gasteiger partial charge in [-0.15, -0.1) is 0 Å². The van der Waals surface area contributed by atoms with E-state index in [2.05, 4.69) is 15.0 Å². The number of benzene rings is 2. The van der Waals surface area contributed by atoms with Gasteiger partial charge < -0.3 is 15.5 Å². The Morgan fingerprint density at radius 1 is 0.944 bits per heavy atom. The van der Waals surface area contributed by atoms with Crippen LogP contribution in [-0.4, -0.2) is 58.8 Å². The number of nitrogens with zero attached hydrogens (tertiary/aromatic N) is 5. The van der Waals surface area contributed by atoms with E-state index in [9.17, 15) is 18.0 Å². The molecular weight excluding hydrogens is 493 g/mol. The highest BCUT2D eigenvalue weighted by Crippen LogP contribution is 2.27. The van der Waals surface area contributed by atoms with Gasteiger partial charge in [0.05, 0.1) is 16.4 Å². The minimum Gasteiger partial charge on any atom is -0.395 e. The molecule has 0 saturated carbocycles. The molecule has 3 aromatic rings. The molecule has 0 bridgehead atoms. The lowest BCUT2D eigenvalue weighted by Gasteiger charge is -2.34. The molecule has 1 aliphatic heterocycles. The first kappa shape index (κ1) is 25.2. The van der Waals surface area contributed by atoms with Gasteiger partial charge in [-0.2, -0.15) is 13.2 Å². The van der Waals surface area contributed by atoms with E-state index >= 15 is 0 Å². The molecule has 1 fully saturated rings. The van der Waals surface area contributed by atoms with Crippen molar-refractivity contribution in [3.63, 3.8) is 0 Å². The van der Waals surface area contributed by atoms with Gasteiger partial charge in [0.2, 0.25) is 5.95 Å². The molecule has 7 nitrogen and oxygen atoms in total. The van der Waals surface area contributed by atoms with E-state index in [-0.39, 0.29) is 16.6 Å². The summed E-state index contributed by atoms with van der Waals surface area (Å²) in [5.74, 6) is 0.440. The first-order valence-corrected chi connectivity index (χ1v) is 11.4. The molecule has 1 amide bonds. The summed E-state index contributed by atoms with van der Waals surface area (Å²) in [4.78, 5) is 29.5. The summed E-state index contributed by atoms with van der Waals surface area (Å²) >= 11 is 6.14. The van der Waals surface area contributed by atoms with Crippen molar-refractivity contribution in [3.8, 4) is 0 Å². The van der Waals surface area contributed by atoms with Crippen molar-refractivity contribution in [1.29, 1.82) is 0 Å². The van der Waals surface area contributed by atoms with E-state index in [4.69, 9.17) is 17.3 Å². The van der Waals surface area contributed by atoms with E-state index in [1.54, 1.807) is 59.8 Å². The topological polar surface area (TPSA) is 87.7 Å². The highest BCUT2D eigenvalue weighted by molar-refractivity contribution is 6.33. The Kier molecular flexibility index (Phi) is 7.54. The second-order valence-electron chi connectivity index (χ2n) is 7.95. The highest BCUT2D eigenvalue weighted by atomic mass is 35.5. The van der Waals surface area contributed by atoms with Crippen LogP contribution in [0.15, 0.2) is 83.8 Å². The Balaban J connectivity index is 1.53. The molecule has 2 heterocycles. The van der Waals surface area contributed by atoms with Gasteiger partial charge >= 0.3 is 6.18 Å². The molecule has 36 heavy (non-hydrogen) atoms. The van der Waals surface area contributed by atoms with Crippen molar-refractivity contribution >= 4 is 34.9 Å². The van der Waals surface area contributed by atoms with Crippen molar-refractivity contribution in [2.45, 2.75) is 6.18 Å². The fourth-order valence-corrected chi connectivity index (χ4v) is 3.79. The number of nitrogens with two attached hydrogens (primary N) is 1. The maximum absolute atomic E-state index is 13.1. The number of para-hydroxylation sites is 1. The highest BCUT2D eigenvalue weighted by Gasteiger charge is 2.32. The lowest BCUT2D eigenvalue weighted by Crippen LogP contribution is -2.49. The number of piperazine rings is 1. The number of allylic oxidation sites excluding steroid dienone is 2. The van der Waals surface area contributed by atoms with Crippen molar-refractivity contribution in [1.82, 2.24) is 14.9 Å². The molecule has 0 aliphatic carbocycles. The zero-order valence-electron chi connectivity index (χ0n) is 19.0. The molecule has 0 spiro atoms. The minimum absolute atomic E-state index is 0.0339. The van der Waals surface area contributed by atoms with Gasteiger partial charge in [-0.25, -0.2) is 15.0 Å². The molecule has 1 aliphatic rings. The van der Waals surface area contributed by atoms with Crippen molar-refractivity contribution in [3.05, 3.63) is 94.9 Å². The second-order valence-corrected chi connectivity index (χ2v) is 8.36. The predicted molar refractivity (Wildman–Crippen MR) is 133 cm³/mol. The number of carbonyl (C=O) groups is 1. The van der Waals surface area contributed by atoms with Gasteiger partial charge in [0.1, 0.15) is 5.70 Å².